The fraction of sp³-hybridized carbons (Fsp3) is 0.533. The molecule has 0 bridgehead atoms. The second-order valence-corrected chi connectivity index (χ2v) is 4.97. The average Bonchev–Trinajstić information content (AvgIpc) is 2.42. The summed E-state index contributed by atoms with van der Waals surface area (Å²) in [6.07, 6.45) is 4.07. The van der Waals surface area contributed by atoms with Gasteiger partial charge in [-0.1, -0.05) is 6.42 Å². The first-order valence-corrected chi connectivity index (χ1v) is 6.76. The molecule has 0 spiro atoms. The van der Waals surface area contributed by atoms with Crippen LogP contribution in [0.4, 0.5) is 5.69 Å². The third-order valence-electron chi connectivity index (χ3n) is 3.55. The molecule has 0 saturated carbocycles. The molecule has 2 rings (SSSR count). The number of hydrogen-bond donors (Lipinski definition) is 1. The third kappa shape index (κ3) is 3.48. The first-order valence-electron chi connectivity index (χ1n) is 6.76. The number of aryl methyl sites for hydroxylation is 1. The van der Waals surface area contributed by atoms with Crippen LogP contribution in [0.15, 0.2) is 18.2 Å². The number of hydrogen-bond acceptors (Lipinski definition) is 3. The van der Waals surface area contributed by atoms with Crippen LogP contribution >= 0.6 is 0 Å². The zero-order chi connectivity index (χ0) is 12.8. The lowest BCUT2D eigenvalue weighted by Gasteiger charge is -2.26. The Balaban J connectivity index is 1.81. The van der Waals surface area contributed by atoms with E-state index < -0.39 is 0 Å². The van der Waals surface area contributed by atoms with Gasteiger partial charge in [0.1, 0.15) is 0 Å². The quantitative estimate of drug-likeness (QED) is 0.883. The second kappa shape index (κ2) is 6.42. The fourth-order valence-corrected chi connectivity index (χ4v) is 2.46. The molecule has 1 aliphatic rings. The van der Waals surface area contributed by atoms with Crippen molar-refractivity contribution < 1.29 is 0 Å². The van der Waals surface area contributed by atoms with E-state index in [4.69, 9.17) is 5.26 Å². The minimum Gasteiger partial charge on any atom is -0.384 e. The van der Waals surface area contributed by atoms with Crippen molar-refractivity contribution in [3.05, 3.63) is 29.3 Å². The van der Waals surface area contributed by atoms with Crippen molar-refractivity contribution >= 4 is 5.69 Å². The van der Waals surface area contributed by atoms with Crippen LogP contribution in [-0.4, -0.2) is 31.1 Å². The monoisotopic (exact) mass is 243 g/mol. The summed E-state index contributed by atoms with van der Waals surface area (Å²) < 4.78 is 0. The van der Waals surface area contributed by atoms with Gasteiger partial charge in [-0.2, -0.15) is 5.26 Å². The Bertz CT molecular complexity index is 428. The normalized spacial score (nSPS) is 16.2. The molecule has 1 aliphatic heterocycles. The second-order valence-electron chi connectivity index (χ2n) is 4.97. The zero-order valence-corrected chi connectivity index (χ0v) is 11.1. The maximum atomic E-state index is 8.82. The molecule has 1 aromatic carbocycles. The molecule has 0 radical (unpaired) electrons. The number of likely N-dealkylation sites (tertiary alicyclic amines) is 1. The van der Waals surface area contributed by atoms with Crippen LogP contribution in [0.1, 0.15) is 30.4 Å². The van der Waals surface area contributed by atoms with Crippen LogP contribution < -0.4 is 5.32 Å². The Hall–Kier alpha value is -1.53. The Labute approximate surface area is 109 Å². The Kier molecular flexibility index (Phi) is 4.60. The topological polar surface area (TPSA) is 39.1 Å². The fourth-order valence-electron chi connectivity index (χ4n) is 2.46. The summed E-state index contributed by atoms with van der Waals surface area (Å²) in [5.74, 6) is 0. The van der Waals surface area contributed by atoms with Crippen LogP contribution in [0.2, 0.25) is 0 Å². The molecular formula is C15H21N3. The maximum absolute atomic E-state index is 8.82. The molecule has 3 nitrogen and oxygen atoms in total. The van der Waals surface area contributed by atoms with Crippen molar-refractivity contribution in [3.63, 3.8) is 0 Å². The highest BCUT2D eigenvalue weighted by Gasteiger charge is 2.09. The number of nitrogens with zero attached hydrogens (tertiary/aromatic N) is 2. The van der Waals surface area contributed by atoms with Crippen LogP contribution in [0.3, 0.4) is 0 Å². The molecule has 1 aromatic rings. The van der Waals surface area contributed by atoms with Gasteiger partial charge in [0.05, 0.1) is 11.6 Å². The molecule has 1 heterocycles. The third-order valence-corrected chi connectivity index (χ3v) is 3.55. The molecule has 1 fully saturated rings. The highest BCUT2D eigenvalue weighted by Crippen LogP contribution is 2.16. The van der Waals surface area contributed by atoms with Crippen LogP contribution in [0.5, 0.6) is 0 Å². The number of nitriles is 1. The van der Waals surface area contributed by atoms with Crippen LogP contribution in [0, 0.1) is 18.3 Å². The number of rotatable bonds is 4. The van der Waals surface area contributed by atoms with Gasteiger partial charge in [-0.05, 0) is 56.6 Å². The van der Waals surface area contributed by atoms with Crippen molar-refractivity contribution in [1.82, 2.24) is 4.90 Å². The summed E-state index contributed by atoms with van der Waals surface area (Å²) in [4.78, 5) is 2.52. The molecule has 1 saturated heterocycles. The van der Waals surface area contributed by atoms with Gasteiger partial charge in [0.15, 0.2) is 0 Å². The summed E-state index contributed by atoms with van der Waals surface area (Å²) in [5, 5.41) is 12.3. The minimum atomic E-state index is 0.731. The van der Waals surface area contributed by atoms with E-state index in [1.165, 1.54) is 32.4 Å². The number of nitrogens with one attached hydrogen (secondary N) is 1. The van der Waals surface area contributed by atoms with Gasteiger partial charge in [0, 0.05) is 18.8 Å². The van der Waals surface area contributed by atoms with E-state index in [2.05, 4.69) is 16.3 Å². The van der Waals surface area contributed by atoms with E-state index in [0.29, 0.717) is 0 Å². The van der Waals surface area contributed by atoms with Crippen molar-refractivity contribution in [2.45, 2.75) is 26.2 Å². The van der Waals surface area contributed by atoms with Crippen molar-refractivity contribution in [2.75, 3.05) is 31.5 Å². The smallest absolute Gasteiger partial charge is 0.0991 e. The van der Waals surface area contributed by atoms with E-state index in [0.717, 1.165) is 29.9 Å². The van der Waals surface area contributed by atoms with E-state index in [9.17, 15) is 0 Å². The molecule has 0 amide bonds. The van der Waals surface area contributed by atoms with Gasteiger partial charge in [-0.25, -0.2) is 0 Å². The van der Waals surface area contributed by atoms with E-state index in [1.807, 2.05) is 25.1 Å². The van der Waals surface area contributed by atoms with Crippen LogP contribution in [0.25, 0.3) is 0 Å². The van der Waals surface area contributed by atoms with E-state index in [-0.39, 0.29) is 0 Å². The number of piperidine rings is 1. The highest BCUT2D eigenvalue weighted by molar-refractivity contribution is 5.54. The standard InChI is InChI=1S/C15H21N3/c1-13-11-14(12-16)5-6-15(13)17-7-10-18-8-3-2-4-9-18/h5-6,11,17H,2-4,7-10H2,1H3. The van der Waals surface area contributed by atoms with Crippen LogP contribution in [-0.2, 0) is 0 Å². The molecule has 0 atom stereocenters. The van der Waals surface area contributed by atoms with E-state index in [1.54, 1.807) is 0 Å². The first kappa shape index (κ1) is 12.9. The van der Waals surface area contributed by atoms with Crippen molar-refractivity contribution in [2.24, 2.45) is 0 Å². The summed E-state index contributed by atoms with van der Waals surface area (Å²) in [6, 6.07) is 7.98. The molecule has 0 aromatic heterocycles. The lowest BCUT2D eigenvalue weighted by molar-refractivity contribution is 0.237. The van der Waals surface area contributed by atoms with Gasteiger partial charge in [-0.15, -0.1) is 0 Å². The average molecular weight is 243 g/mol. The van der Waals surface area contributed by atoms with Crippen molar-refractivity contribution in [1.29, 1.82) is 5.26 Å². The highest BCUT2D eigenvalue weighted by atomic mass is 15.1. The summed E-state index contributed by atoms with van der Waals surface area (Å²) in [7, 11) is 0. The summed E-state index contributed by atoms with van der Waals surface area (Å²) in [6.45, 7) is 6.62. The molecule has 1 N–H and O–H groups in total. The molecule has 0 unspecified atom stereocenters. The van der Waals surface area contributed by atoms with Gasteiger partial charge in [0.2, 0.25) is 0 Å². The first-order chi connectivity index (χ1) is 8.79. The lowest BCUT2D eigenvalue weighted by Crippen LogP contribution is -2.33. The predicted octanol–water partition coefficient (Wildman–Crippen LogP) is 2.76. The molecule has 18 heavy (non-hydrogen) atoms. The number of anilines is 1. The number of benzene rings is 1. The van der Waals surface area contributed by atoms with Gasteiger partial charge in [-0.3, -0.25) is 0 Å². The minimum absolute atomic E-state index is 0.731. The maximum Gasteiger partial charge on any atom is 0.0991 e. The van der Waals surface area contributed by atoms with Gasteiger partial charge >= 0.3 is 0 Å². The molecular weight excluding hydrogens is 222 g/mol. The van der Waals surface area contributed by atoms with Gasteiger partial charge < -0.3 is 10.2 Å². The molecule has 96 valence electrons. The lowest BCUT2D eigenvalue weighted by atomic mass is 10.1. The Morgan fingerprint density at radius 3 is 2.72 bits per heavy atom. The predicted molar refractivity (Wildman–Crippen MR) is 74.7 cm³/mol. The van der Waals surface area contributed by atoms with Crippen molar-refractivity contribution in [3.8, 4) is 6.07 Å². The Morgan fingerprint density at radius 1 is 1.28 bits per heavy atom. The van der Waals surface area contributed by atoms with Gasteiger partial charge in [0.25, 0.3) is 0 Å². The SMILES string of the molecule is Cc1cc(C#N)ccc1NCCN1CCCCC1. The largest absolute Gasteiger partial charge is 0.384 e. The summed E-state index contributed by atoms with van der Waals surface area (Å²) in [5.41, 5.74) is 3.02. The molecule has 0 aliphatic carbocycles. The van der Waals surface area contributed by atoms with E-state index >= 15 is 0 Å². The summed E-state index contributed by atoms with van der Waals surface area (Å²) >= 11 is 0. The Morgan fingerprint density at radius 2 is 2.06 bits per heavy atom. The zero-order valence-electron chi connectivity index (χ0n) is 11.1. The molecule has 3 heteroatoms.